The Kier molecular flexibility index (Phi) is 5.07. The van der Waals surface area contributed by atoms with Crippen LogP contribution in [0.2, 0.25) is 0 Å². The molecule has 1 aliphatic rings. The van der Waals surface area contributed by atoms with Gasteiger partial charge in [0.05, 0.1) is 11.7 Å². The van der Waals surface area contributed by atoms with Crippen LogP contribution >= 0.6 is 11.3 Å². The van der Waals surface area contributed by atoms with Crippen LogP contribution < -0.4 is 10.9 Å². The lowest BCUT2D eigenvalue weighted by Crippen LogP contribution is -2.43. The summed E-state index contributed by atoms with van der Waals surface area (Å²) < 4.78 is 1.41. The summed E-state index contributed by atoms with van der Waals surface area (Å²) in [7, 11) is 0. The molecule has 140 valence electrons. The van der Waals surface area contributed by atoms with E-state index in [9.17, 15) is 9.59 Å². The number of carbonyl (C=O) groups excluding carboxylic acids is 1. The molecule has 1 saturated carbocycles. The molecular formula is C21H23N3O2S. The molecule has 1 aromatic carbocycles. The molecule has 1 amide bonds. The highest BCUT2D eigenvalue weighted by molar-refractivity contribution is 7.21. The summed E-state index contributed by atoms with van der Waals surface area (Å²) in [6, 6.07) is 12.0. The van der Waals surface area contributed by atoms with Crippen LogP contribution in [0.4, 0.5) is 0 Å². The Morgan fingerprint density at radius 3 is 2.81 bits per heavy atom. The molecule has 0 aliphatic heterocycles. The molecule has 2 aromatic heterocycles. The molecule has 0 bridgehead atoms. The SMILES string of the molecule is C[C@@H]1CCCC[C@@H]1NC(=O)Cn1cnc2sc(-c3ccccc3)cc2c1=O. The fraction of sp³-hybridized carbons (Fsp3) is 0.381. The molecule has 3 aromatic rings. The maximum atomic E-state index is 12.8. The number of nitrogens with one attached hydrogen (secondary N) is 1. The number of aromatic nitrogens is 2. The van der Waals surface area contributed by atoms with E-state index < -0.39 is 0 Å². The number of amides is 1. The smallest absolute Gasteiger partial charge is 0.262 e. The quantitative estimate of drug-likeness (QED) is 0.747. The van der Waals surface area contributed by atoms with Crippen molar-refractivity contribution >= 4 is 27.5 Å². The van der Waals surface area contributed by atoms with Gasteiger partial charge in [-0.1, -0.05) is 50.1 Å². The Labute approximate surface area is 162 Å². The van der Waals surface area contributed by atoms with Crippen LogP contribution in [0, 0.1) is 5.92 Å². The molecule has 4 rings (SSSR count). The van der Waals surface area contributed by atoms with Gasteiger partial charge in [0.15, 0.2) is 0 Å². The third-order valence-electron chi connectivity index (χ3n) is 5.35. The largest absolute Gasteiger partial charge is 0.352 e. The fourth-order valence-corrected chi connectivity index (χ4v) is 4.75. The molecule has 5 nitrogen and oxygen atoms in total. The second-order valence-electron chi connectivity index (χ2n) is 7.31. The van der Waals surface area contributed by atoms with E-state index in [-0.39, 0.29) is 24.1 Å². The van der Waals surface area contributed by atoms with Crippen molar-refractivity contribution in [1.82, 2.24) is 14.9 Å². The van der Waals surface area contributed by atoms with Crippen LogP contribution in [0.3, 0.4) is 0 Å². The van der Waals surface area contributed by atoms with E-state index in [0.717, 1.165) is 29.7 Å². The van der Waals surface area contributed by atoms with E-state index in [1.54, 1.807) is 0 Å². The first-order valence-corrected chi connectivity index (χ1v) is 10.3. The van der Waals surface area contributed by atoms with Crippen LogP contribution in [0.25, 0.3) is 20.7 Å². The third-order valence-corrected chi connectivity index (χ3v) is 6.44. The monoisotopic (exact) mass is 381 g/mol. The minimum atomic E-state index is -0.162. The van der Waals surface area contributed by atoms with Crippen molar-refractivity contribution in [2.24, 2.45) is 5.92 Å². The van der Waals surface area contributed by atoms with E-state index in [0.29, 0.717) is 16.1 Å². The molecule has 0 unspecified atom stereocenters. The first-order chi connectivity index (χ1) is 13.1. The summed E-state index contributed by atoms with van der Waals surface area (Å²) in [5, 5.41) is 3.67. The Bertz CT molecular complexity index is 1010. The minimum absolute atomic E-state index is 0.0154. The minimum Gasteiger partial charge on any atom is -0.352 e. The predicted molar refractivity (Wildman–Crippen MR) is 109 cm³/mol. The van der Waals surface area contributed by atoms with Crippen molar-refractivity contribution in [2.45, 2.75) is 45.2 Å². The second-order valence-corrected chi connectivity index (χ2v) is 8.34. The first kappa shape index (κ1) is 17.9. The zero-order valence-corrected chi connectivity index (χ0v) is 16.2. The Morgan fingerprint density at radius 1 is 1.26 bits per heavy atom. The van der Waals surface area contributed by atoms with Gasteiger partial charge < -0.3 is 5.32 Å². The molecule has 2 atom stereocenters. The average molecular weight is 382 g/mol. The summed E-state index contributed by atoms with van der Waals surface area (Å²) in [4.78, 5) is 31.4. The average Bonchev–Trinajstić information content (AvgIpc) is 3.12. The molecular weight excluding hydrogens is 358 g/mol. The Hall–Kier alpha value is -2.47. The molecule has 2 heterocycles. The number of hydrogen-bond donors (Lipinski definition) is 1. The topological polar surface area (TPSA) is 64.0 Å². The van der Waals surface area contributed by atoms with Crippen LogP contribution in [0.5, 0.6) is 0 Å². The second kappa shape index (κ2) is 7.64. The van der Waals surface area contributed by atoms with Gasteiger partial charge in [0.1, 0.15) is 11.4 Å². The summed E-state index contributed by atoms with van der Waals surface area (Å²) in [5.74, 6) is 0.376. The van der Waals surface area contributed by atoms with Crippen molar-refractivity contribution < 1.29 is 4.79 Å². The standard InChI is InChI=1S/C21H23N3O2S/c1-14-7-5-6-10-17(14)23-19(25)12-24-13-22-20-16(21(24)26)11-18(27-20)15-8-3-2-4-9-15/h2-4,8-9,11,13-14,17H,5-7,10,12H2,1H3,(H,23,25)/t14-,17+/m1/s1. The normalized spacial score (nSPS) is 19.9. The highest BCUT2D eigenvalue weighted by Gasteiger charge is 2.23. The summed E-state index contributed by atoms with van der Waals surface area (Å²) in [6.45, 7) is 2.20. The van der Waals surface area contributed by atoms with Gasteiger partial charge in [-0.3, -0.25) is 14.2 Å². The van der Waals surface area contributed by atoms with Crippen molar-refractivity contribution in [3.63, 3.8) is 0 Å². The van der Waals surface area contributed by atoms with Gasteiger partial charge in [0.2, 0.25) is 5.91 Å². The molecule has 6 heteroatoms. The van der Waals surface area contributed by atoms with Gasteiger partial charge in [0, 0.05) is 10.9 Å². The van der Waals surface area contributed by atoms with E-state index in [4.69, 9.17) is 0 Å². The number of thiophene rings is 1. The van der Waals surface area contributed by atoms with Gasteiger partial charge in [-0.05, 0) is 30.4 Å². The molecule has 0 saturated heterocycles. The fourth-order valence-electron chi connectivity index (χ4n) is 3.75. The molecule has 1 fully saturated rings. The lowest BCUT2D eigenvalue weighted by molar-refractivity contribution is -0.123. The van der Waals surface area contributed by atoms with Gasteiger partial charge in [-0.2, -0.15) is 0 Å². The summed E-state index contributed by atoms with van der Waals surface area (Å²) >= 11 is 1.50. The first-order valence-electron chi connectivity index (χ1n) is 9.45. The number of rotatable bonds is 4. The number of benzene rings is 1. The van der Waals surface area contributed by atoms with Crippen LogP contribution in [0.15, 0.2) is 47.5 Å². The van der Waals surface area contributed by atoms with Crippen molar-refractivity contribution in [1.29, 1.82) is 0 Å². The molecule has 27 heavy (non-hydrogen) atoms. The molecule has 0 spiro atoms. The predicted octanol–water partition coefficient (Wildman–Crippen LogP) is 3.82. The zero-order valence-electron chi connectivity index (χ0n) is 15.4. The highest BCUT2D eigenvalue weighted by Crippen LogP contribution is 2.30. The lowest BCUT2D eigenvalue weighted by Gasteiger charge is -2.29. The van der Waals surface area contributed by atoms with Gasteiger partial charge >= 0.3 is 0 Å². The van der Waals surface area contributed by atoms with Crippen LogP contribution in [-0.2, 0) is 11.3 Å². The zero-order chi connectivity index (χ0) is 18.8. The number of hydrogen-bond acceptors (Lipinski definition) is 4. The maximum absolute atomic E-state index is 12.8. The van der Waals surface area contributed by atoms with Gasteiger partial charge in [-0.15, -0.1) is 11.3 Å². The third kappa shape index (κ3) is 3.81. The Balaban J connectivity index is 1.55. The van der Waals surface area contributed by atoms with Crippen molar-refractivity contribution in [3.05, 3.63) is 53.1 Å². The van der Waals surface area contributed by atoms with Gasteiger partial charge in [0.25, 0.3) is 5.56 Å². The lowest BCUT2D eigenvalue weighted by atomic mass is 9.86. The van der Waals surface area contributed by atoms with E-state index >= 15 is 0 Å². The van der Waals surface area contributed by atoms with E-state index in [2.05, 4.69) is 17.2 Å². The van der Waals surface area contributed by atoms with Crippen LogP contribution in [-0.4, -0.2) is 21.5 Å². The molecule has 1 N–H and O–H groups in total. The maximum Gasteiger partial charge on any atom is 0.262 e. The van der Waals surface area contributed by atoms with Crippen molar-refractivity contribution in [3.8, 4) is 10.4 Å². The summed E-state index contributed by atoms with van der Waals surface area (Å²) in [5.41, 5.74) is 0.903. The highest BCUT2D eigenvalue weighted by atomic mass is 32.1. The number of fused-ring (bicyclic) bond motifs is 1. The van der Waals surface area contributed by atoms with Crippen molar-refractivity contribution in [2.75, 3.05) is 0 Å². The summed E-state index contributed by atoms with van der Waals surface area (Å²) in [6.07, 6.45) is 6.04. The number of nitrogens with zero attached hydrogens (tertiary/aromatic N) is 2. The number of carbonyl (C=O) groups is 1. The van der Waals surface area contributed by atoms with Crippen LogP contribution in [0.1, 0.15) is 32.6 Å². The molecule has 1 aliphatic carbocycles. The van der Waals surface area contributed by atoms with E-state index in [1.807, 2.05) is 36.4 Å². The van der Waals surface area contributed by atoms with E-state index in [1.165, 1.54) is 28.7 Å². The molecule has 0 radical (unpaired) electrons. The Morgan fingerprint density at radius 2 is 2.04 bits per heavy atom. The van der Waals surface area contributed by atoms with Gasteiger partial charge in [-0.25, -0.2) is 4.98 Å².